The maximum atomic E-state index is 8.00. The lowest BCUT2D eigenvalue weighted by Gasteiger charge is -1.98. The van der Waals surface area contributed by atoms with Gasteiger partial charge in [-0.15, -0.1) is 0 Å². The highest BCUT2D eigenvalue weighted by atomic mass is 16.1. The molecule has 1 aromatic rings. The van der Waals surface area contributed by atoms with Crippen LogP contribution < -0.4 is 5.73 Å². The Kier molecular flexibility index (Phi) is 4.82. The van der Waals surface area contributed by atoms with Gasteiger partial charge in [-0.05, 0) is 18.1 Å². The zero-order valence-electron chi connectivity index (χ0n) is 6.71. The minimum atomic E-state index is 0.903. The van der Waals surface area contributed by atoms with Crippen LogP contribution in [-0.4, -0.2) is 6.79 Å². The van der Waals surface area contributed by atoms with Crippen LogP contribution in [0.4, 0.5) is 5.69 Å². The predicted molar refractivity (Wildman–Crippen MR) is 47.4 cm³/mol. The summed E-state index contributed by atoms with van der Waals surface area (Å²) in [4.78, 5) is 8.00. The van der Waals surface area contributed by atoms with Gasteiger partial charge in [0.25, 0.3) is 0 Å². The molecule has 0 aliphatic heterocycles. The molecule has 0 saturated heterocycles. The van der Waals surface area contributed by atoms with Crippen LogP contribution in [-0.2, 0) is 11.2 Å². The summed E-state index contributed by atoms with van der Waals surface area (Å²) in [6.45, 7) is 4.10. The summed E-state index contributed by atoms with van der Waals surface area (Å²) in [5, 5.41) is 0. The SMILES string of the molecule is C=O.CCc1ccccc1N. The summed E-state index contributed by atoms with van der Waals surface area (Å²) in [6, 6.07) is 7.94. The first-order chi connectivity index (χ1) is 5.34. The molecule has 0 aromatic heterocycles. The lowest BCUT2D eigenvalue weighted by atomic mass is 10.1. The molecule has 11 heavy (non-hydrogen) atoms. The van der Waals surface area contributed by atoms with Gasteiger partial charge in [0.2, 0.25) is 0 Å². The second kappa shape index (κ2) is 5.47. The van der Waals surface area contributed by atoms with Crippen LogP contribution in [0.5, 0.6) is 0 Å². The monoisotopic (exact) mass is 151 g/mol. The Morgan fingerprint density at radius 1 is 1.36 bits per heavy atom. The average molecular weight is 151 g/mol. The summed E-state index contributed by atoms with van der Waals surface area (Å²) in [7, 11) is 0. The molecule has 0 radical (unpaired) electrons. The highest BCUT2D eigenvalue weighted by Crippen LogP contribution is 2.09. The highest BCUT2D eigenvalue weighted by Gasteiger charge is 1.90. The fourth-order valence-corrected chi connectivity index (χ4v) is 0.856. The number of carbonyl (C=O) groups is 1. The number of nitrogen functional groups attached to an aromatic ring is 1. The van der Waals surface area contributed by atoms with Gasteiger partial charge in [-0.3, -0.25) is 0 Å². The van der Waals surface area contributed by atoms with E-state index in [9.17, 15) is 0 Å². The topological polar surface area (TPSA) is 43.1 Å². The molecule has 0 aliphatic rings. The van der Waals surface area contributed by atoms with E-state index in [-0.39, 0.29) is 0 Å². The Bertz CT molecular complexity index is 210. The number of benzene rings is 1. The van der Waals surface area contributed by atoms with E-state index < -0.39 is 0 Å². The van der Waals surface area contributed by atoms with Gasteiger partial charge < -0.3 is 10.5 Å². The fraction of sp³-hybridized carbons (Fsp3) is 0.222. The first-order valence-electron chi connectivity index (χ1n) is 3.47. The Morgan fingerprint density at radius 2 is 1.91 bits per heavy atom. The van der Waals surface area contributed by atoms with Crippen molar-refractivity contribution in [2.45, 2.75) is 13.3 Å². The third-order valence-corrected chi connectivity index (χ3v) is 1.44. The number of anilines is 1. The molecule has 1 aromatic carbocycles. The molecule has 0 bridgehead atoms. The zero-order valence-corrected chi connectivity index (χ0v) is 6.71. The lowest BCUT2D eigenvalue weighted by molar-refractivity contribution is -0.0979. The van der Waals surface area contributed by atoms with Crippen LogP contribution in [0.2, 0.25) is 0 Å². The number of rotatable bonds is 1. The van der Waals surface area contributed by atoms with Crippen molar-refractivity contribution in [3.63, 3.8) is 0 Å². The van der Waals surface area contributed by atoms with Crippen LogP contribution in [0.3, 0.4) is 0 Å². The van der Waals surface area contributed by atoms with E-state index in [0.29, 0.717) is 0 Å². The van der Waals surface area contributed by atoms with Gasteiger partial charge in [0.15, 0.2) is 0 Å². The van der Waals surface area contributed by atoms with Gasteiger partial charge in [0.05, 0.1) is 0 Å². The maximum absolute atomic E-state index is 8.00. The standard InChI is InChI=1S/C8H11N.CH2O/c1-2-7-5-3-4-6-8(7)9;1-2/h3-6H,2,9H2,1H3;1H2. The van der Waals surface area contributed by atoms with E-state index in [1.807, 2.05) is 25.0 Å². The van der Waals surface area contributed by atoms with Gasteiger partial charge >= 0.3 is 0 Å². The van der Waals surface area contributed by atoms with E-state index in [1.165, 1.54) is 5.56 Å². The number of carbonyl (C=O) groups excluding carboxylic acids is 1. The summed E-state index contributed by atoms with van der Waals surface area (Å²) in [5.74, 6) is 0. The van der Waals surface area contributed by atoms with Crippen LogP contribution in [0.1, 0.15) is 12.5 Å². The molecule has 0 heterocycles. The first kappa shape index (κ1) is 9.69. The quantitative estimate of drug-likeness (QED) is 0.620. The predicted octanol–water partition coefficient (Wildman–Crippen LogP) is 1.65. The molecular formula is C9H13NO. The van der Waals surface area contributed by atoms with Gasteiger partial charge in [-0.25, -0.2) is 0 Å². The molecule has 0 spiro atoms. The minimum Gasteiger partial charge on any atom is -0.399 e. The number of nitrogens with two attached hydrogens (primary N) is 1. The third kappa shape index (κ3) is 2.85. The van der Waals surface area contributed by atoms with Crippen molar-refractivity contribution in [2.24, 2.45) is 0 Å². The van der Waals surface area contributed by atoms with Crippen molar-refractivity contribution < 1.29 is 4.79 Å². The van der Waals surface area contributed by atoms with Crippen LogP contribution in [0.15, 0.2) is 24.3 Å². The van der Waals surface area contributed by atoms with Gasteiger partial charge in [0.1, 0.15) is 6.79 Å². The van der Waals surface area contributed by atoms with E-state index in [1.54, 1.807) is 0 Å². The normalized spacial score (nSPS) is 8.09. The van der Waals surface area contributed by atoms with Crippen molar-refractivity contribution in [3.8, 4) is 0 Å². The Balaban J connectivity index is 0.000000461. The zero-order chi connectivity index (χ0) is 8.69. The molecule has 1 rings (SSSR count). The van der Waals surface area contributed by atoms with Crippen LogP contribution in [0, 0.1) is 0 Å². The first-order valence-corrected chi connectivity index (χ1v) is 3.47. The fourth-order valence-electron chi connectivity index (χ4n) is 0.856. The van der Waals surface area contributed by atoms with Crippen molar-refractivity contribution in [1.29, 1.82) is 0 Å². The number of hydrogen-bond acceptors (Lipinski definition) is 2. The number of hydrogen-bond donors (Lipinski definition) is 1. The molecule has 0 aliphatic carbocycles. The Morgan fingerprint density at radius 3 is 2.27 bits per heavy atom. The van der Waals surface area contributed by atoms with Crippen molar-refractivity contribution in [3.05, 3.63) is 29.8 Å². The third-order valence-electron chi connectivity index (χ3n) is 1.44. The molecule has 0 fully saturated rings. The van der Waals surface area contributed by atoms with Crippen LogP contribution >= 0.6 is 0 Å². The van der Waals surface area contributed by atoms with Crippen molar-refractivity contribution in [1.82, 2.24) is 0 Å². The molecule has 2 N–H and O–H groups in total. The lowest BCUT2D eigenvalue weighted by Crippen LogP contribution is -1.90. The van der Waals surface area contributed by atoms with Crippen molar-refractivity contribution in [2.75, 3.05) is 5.73 Å². The molecule has 60 valence electrons. The second-order valence-corrected chi connectivity index (χ2v) is 2.05. The Labute approximate surface area is 67.0 Å². The van der Waals surface area contributed by atoms with Crippen molar-refractivity contribution >= 4 is 12.5 Å². The Hall–Kier alpha value is -1.31. The van der Waals surface area contributed by atoms with E-state index in [0.717, 1.165) is 12.1 Å². The molecule has 0 atom stereocenters. The number of aryl methyl sites for hydroxylation is 1. The van der Waals surface area contributed by atoms with Gasteiger partial charge in [0, 0.05) is 5.69 Å². The van der Waals surface area contributed by atoms with Gasteiger partial charge in [-0.1, -0.05) is 25.1 Å². The van der Waals surface area contributed by atoms with Gasteiger partial charge in [-0.2, -0.15) is 0 Å². The van der Waals surface area contributed by atoms with E-state index in [4.69, 9.17) is 10.5 Å². The van der Waals surface area contributed by atoms with Crippen LogP contribution in [0.25, 0.3) is 0 Å². The summed E-state index contributed by atoms with van der Waals surface area (Å²) in [5.41, 5.74) is 7.77. The summed E-state index contributed by atoms with van der Waals surface area (Å²) in [6.07, 6.45) is 1.02. The van der Waals surface area contributed by atoms with E-state index >= 15 is 0 Å². The molecule has 0 saturated carbocycles. The van der Waals surface area contributed by atoms with E-state index in [2.05, 4.69) is 13.0 Å². The number of para-hydroxylation sites is 1. The molecule has 0 unspecified atom stereocenters. The minimum absolute atomic E-state index is 0.903. The molecular weight excluding hydrogens is 138 g/mol. The average Bonchev–Trinajstić information content (AvgIpc) is 2.09. The second-order valence-electron chi connectivity index (χ2n) is 2.05. The molecule has 2 heteroatoms. The maximum Gasteiger partial charge on any atom is 0.106 e. The summed E-state index contributed by atoms with van der Waals surface area (Å²) < 4.78 is 0. The smallest absolute Gasteiger partial charge is 0.106 e. The highest BCUT2D eigenvalue weighted by molar-refractivity contribution is 5.46. The summed E-state index contributed by atoms with van der Waals surface area (Å²) >= 11 is 0. The molecule has 2 nitrogen and oxygen atoms in total. The largest absolute Gasteiger partial charge is 0.399 e. The molecule has 0 amide bonds.